The van der Waals surface area contributed by atoms with Gasteiger partial charge < -0.3 is 10.1 Å². The van der Waals surface area contributed by atoms with Gasteiger partial charge in [-0.15, -0.1) is 0 Å². The average Bonchev–Trinajstić information content (AvgIpc) is 3.41. The molecule has 6 rings (SSSR count). The molecule has 2 aliphatic heterocycles. The highest BCUT2D eigenvalue weighted by atomic mass is 35.5. The van der Waals surface area contributed by atoms with E-state index < -0.39 is 5.92 Å². The van der Waals surface area contributed by atoms with Gasteiger partial charge in [0, 0.05) is 60.6 Å². The average molecular weight is 622 g/mol. The predicted molar refractivity (Wildman–Crippen MR) is 165 cm³/mol. The fraction of sp³-hybridized carbons (Fsp3) is 0.219. The molecule has 42 heavy (non-hydrogen) atoms. The number of carbonyl (C=O) groups is 2. The minimum absolute atomic E-state index is 0.209. The summed E-state index contributed by atoms with van der Waals surface area (Å²) in [6.45, 7) is 2.09. The van der Waals surface area contributed by atoms with Crippen LogP contribution in [0.1, 0.15) is 22.6 Å². The van der Waals surface area contributed by atoms with Crippen LogP contribution in [0.25, 0.3) is 11.1 Å². The van der Waals surface area contributed by atoms with Crippen molar-refractivity contribution in [3.63, 3.8) is 0 Å². The molecule has 2 unspecified atom stereocenters. The number of carbonyl (C=O) groups excluding carboxylic acids is 2. The first-order valence-electron chi connectivity index (χ1n) is 13.5. The van der Waals surface area contributed by atoms with E-state index in [1.165, 1.54) is 12.0 Å². The van der Waals surface area contributed by atoms with Gasteiger partial charge in [0.15, 0.2) is 0 Å². The Labute approximate surface area is 259 Å². The summed E-state index contributed by atoms with van der Waals surface area (Å²) in [7, 11) is 1.42. The van der Waals surface area contributed by atoms with Gasteiger partial charge in [-0.2, -0.15) is 0 Å². The fourth-order valence-corrected chi connectivity index (χ4v) is 6.77. The number of likely N-dealkylation sites (tertiary alicyclic amines) is 1. The molecule has 3 aromatic carbocycles. The molecule has 1 fully saturated rings. The van der Waals surface area contributed by atoms with Gasteiger partial charge in [0.2, 0.25) is 0 Å². The Morgan fingerprint density at radius 1 is 0.952 bits per heavy atom. The molecule has 4 aromatic rings. The van der Waals surface area contributed by atoms with Crippen molar-refractivity contribution < 1.29 is 14.3 Å². The van der Waals surface area contributed by atoms with Crippen molar-refractivity contribution in [3.8, 4) is 11.1 Å². The zero-order chi connectivity index (χ0) is 29.4. The van der Waals surface area contributed by atoms with E-state index in [-0.39, 0.29) is 24.5 Å². The number of nitrogens with one attached hydrogen (secondary N) is 1. The van der Waals surface area contributed by atoms with E-state index in [0.29, 0.717) is 46.1 Å². The number of ether oxygens (including phenoxy) is 1. The lowest BCUT2D eigenvalue weighted by Crippen LogP contribution is -2.42. The monoisotopic (exact) mass is 620 g/mol. The van der Waals surface area contributed by atoms with Crippen LogP contribution in [0.3, 0.4) is 0 Å². The quantitative estimate of drug-likeness (QED) is 0.226. The Bertz CT molecular complexity index is 1650. The molecule has 3 heterocycles. The Kier molecular flexibility index (Phi) is 8.10. The van der Waals surface area contributed by atoms with E-state index in [0.717, 1.165) is 27.8 Å². The minimum Gasteiger partial charge on any atom is -0.469 e. The number of amides is 2. The van der Waals surface area contributed by atoms with Crippen LogP contribution >= 0.6 is 34.8 Å². The van der Waals surface area contributed by atoms with Gasteiger partial charge in [-0.05, 0) is 53.1 Å². The van der Waals surface area contributed by atoms with E-state index in [1.807, 2.05) is 42.5 Å². The maximum absolute atomic E-state index is 13.5. The number of halogens is 3. The molecular weight excluding hydrogens is 595 g/mol. The Morgan fingerprint density at radius 3 is 2.38 bits per heavy atom. The standard InChI is InChI=1S/C32H27Cl3N4O3/c1-42-31(40)25-18-38(16-19-9-11-36-12-10-19)17-24(25)20-13-22(21-5-2-3-6-26(21)33)23-15-37-32(41)39(29(23)14-20)30-27(34)7-4-8-28(30)35/h2-14,24-25H,15-18H2,1H3,(H,37,41). The van der Waals surface area contributed by atoms with Crippen LogP contribution in [0, 0.1) is 5.92 Å². The van der Waals surface area contributed by atoms with Crippen molar-refractivity contribution in [1.82, 2.24) is 15.2 Å². The Balaban J connectivity index is 1.52. The fourth-order valence-electron chi connectivity index (χ4n) is 5.96. The van der Waals surface area contributed by atoms with Crippen LogP contribution < -0.4 is 10.2 Å². The molecular formula is C32H27Cl3N4O3. The first-order chi connectivity index (χ1) is 20.4. The second-order valence-corrected chi connectivity index (χ2v) is 11.6. The number of para-hydroxylation sites is 1. The molecule has 2 aliphatic rings. The van der Waals surface area contributed by atoms with Crippen molar-refractivity contribution >= 4 is 58.2 Å². The maximum Gasteiger partial charge on any atom is 0.326 e. The molecule has 0 aliphatic carbocycles. The molecule has 1 N–H and O–H groups in total. The Morgan fingerprint density at radius 2 is 1.67 bits per heavy atom. The SMILES string of the molecule is COC(=O)C1CN(Cc2ccncc2)CC1c1cc(-c2ccccc2Cl)c2c(c1)N(c1c(Cl)cccc1Cl)C(=O)NC2. The van der Waals surface area contributed by atoms with Gasteiger partial charge in [0.05, 0.1) is 34.4 Å². The molecule has 2 atom stereocenters. The maximum atomic E-state index is 13.5. The molecule has 0 spiro atoms. The zero-order valence-electron chi connectivity index (χ0n) is 22.7. The predicted octanol–water partition coefficient (Wildman–Crippen LogP) is 7.46. The second-order valence-electron chi connectivity index (χ2n) is 10.4. The number of rotatable bonds is 6. The summed E-state index contributed by atoms with van der Waals surface area (Å²) in [5.41, 5.74) is 5.56. The van der Waals surface area contributed by atoms with Gasteiger partial charge >= 0.3 is 12.0 Å². The number of benzene rings is 3. The third-order valence-corrected chi connectivity index (χ3v) is 8.86. The van der Waals surface area contributed by atoms with Crippen molar-refractivity contribution in [2.45, 2.75) is 19.0 Å². The van der Waals surface area contributed by atoms with Crippen molar-refractivity contribution in [2.75, 3.05) is 25.1 Å². The summed E-state index contributed by atoms with van der Waals surface area (Å²) in [4.78, 5) is 34.5. The van der Waals surface area contributed by atoms with Gasteiger partial charge in [0.1, 0.15) is 0 Å². The first-order valence-corrected chi connectivity index (χ1v) is 14.6. The van der Waals surface area contributed by atoms with E-state index in [9.17, 15) is 9.59 Å². The highest BCUT2D eigenvalue weighted by molar-refractivity contribution is 6.40. The van der Waals surface area contributed by atoms with Gasteiger partial charge in [0.25, 0.3) is 0 Å². The van der Waals surface area contributed by atoms with Crippen LogP contribution in [0.15, 0.2) is 79.1 Å². The second kappa shape index (κ2) is 11.9. The summed E-state index contributed by atoms with van der Waals surface area (Å²) in [6, 6.07) is 20.4. The lowest BCUT2D eigenvalue weighted by Gasteiger charge is -2.34. The van der Waals surface area contributed by atoms with Crippen molar-refractivity contribution in [1.29, 1.82) is 0 Å². The summed E-state index contributed by atoms with van der Waals surface area (Å²) in [5, 5.41) is 4.22. The Hall–Kier alpha value is -3.62. The normalized spacial score (nSPS) is 18.5. The van der Waals surface area contributed by atoms with E-state index in [1.54, 1.807) is 30.6 Å². The number of esters is 1. The van der Waals surface area contributed by atoms with Crippen LogP contribution in [-0.4, -0.2) is 42.1 Å². The van der Waals surface area contributed by atoms with E-state index in [2.05, 4.69) is 21.3 Å². The number of aromatic nitrogens is 1. The van der Waals surface area contributed by atoms with E-state index >= 15 is 0 Å². The largest absolute Gasteiger partial charge is 0.469 e. The van der Waals surface area contributed by atoms with Crippen molar-refractivity contribution in [2.24, 2.45) is 5.92 Å². The van der Waals surface area contributed by atoms with Crippen LogP contribution in [0.4, 0.5) is 16.2 Å². The molecule has 0 saturated carbocycles. The molecule has 10 heteroatoms. The number of fused-ring (bicyclic) bond motifs is 1. The van der Waals surface area contributed by atoms with Gasteiger partial charge in [-0.1, -0.05) is 65.1 Å². The van der Waals surface area contributed by atoms with Gasteiger partial charge in [-0.3, -0.25) is 19.6 Å². The highest BCUT2D eigenvalue weighted by Crippen LogP contribution is 2.47. The third kappa shape index (κ3) is 5.34. The summed E-state index contributed by atoms with van der Waals surface area (Å²) in [6.07, 6.45) is 3.53. The summed E-state index contributed by atoms with van der Waals surface area (Å²) >= 11 is 20.0. The molecule has 0 radical (unpaired) electrons. The van der Waals surface area contributed by atoms with Crippen molar-refractivity contribution in [3.05, 3.63) is 111 Å². The smallest absolute Gasteiger partial charge is 0.326 e. The number of pyridine rings is 1. The molecule has 214 valence electrons. The molecule has 1 saturated heterocycles. The molecule has 0 bridgehead atoms. The number of hydrogen-bond acceptors (Lipinski definition) is 5. The summed E-state index contributed by atoms with van der Waals surface area (Å²) in [5.74, 6) is -0.902. The van der Waals surface area contributed by atoms with Crippen LogP contribution in [0.2, 0.25) is 15.1 Å². The number of anilines is 2. The lowest BCUT2D eigenvalue weighted by molar-refractivity contribution is -0.145. The highest BCUT2D eigenvalue weighted by Gasteiger charge is 2.41. The number of methoxy groups -OCH3 is 1. The molecule has 1 aromatic heterocycles. The van der Waals surface area contributed by atoms with E-state index in [4.69, 9.17) is 39.5 Å². The molecule has 2 amide bonds. The first kappa shape index (κ1) is 28.5. The van der Waals surface area contributed by atoms with Crippen LogP contribution in [0.5, 0.6) is 0 Å². The third-order valence-electron chi connectivity index (χ3n) is 7.92. The molecule has 7 nitrogen and oxygen atoms in total. The summed E-state index contributed by atoms with van der Waals surface area (Å²) < 4.78 is 5.26. The number of nitrogens with zero attached hydrogens (tertiary/aromatic N) is 3. The number of hydrogen-bond donors (Lipinski definition) is 1. The van der Waals surface area contributed by atoms with Crippen LogP contribution in [-0.2, 0) is 22.6 Å². The van der Waals surface area contributed by atoms with Gasteiger partial charge in [-0.25, -0.2) is 4.79 Å². The number of urea groups is 1. The zero-order valence-corrected chi connectivity index (χ0v) is 25.0. The lowest BCUT2D eigenvalue weighted by atomic mass is 9.84. The topological polar surface area (TPSA) is 74.8 Å². The minimum atomic E-state index is -0.413.